The van der Waals surface area contributed by atoms with E-state index in [-0.39, 0.29) is 17.4 Å². The second-order valence-electron chi connectivity index (χ2n) is 6.68. The molecule has 1 aliphatic heterocycles. The Labute approximate surface area is 141 Å². The van der Waals surface area contributed by atoms with Gasteiger partial charge in [0, 0.05) is 37.5 Å². The van der Waals surface area contributed by atoms with Crippen LogP contribution in [0.2, 0.25) is 0 Å². The number of aromatic nitrogens is 2. The van der Waals surface area contributed by atoms with Crippen molar-refractivity contribution in [2.24, 2.45) is 5.92 Å². The lowest BCUT2D eigenvalue weighted by Crippen LogP contribution is -2.50. The van der Waals surface area contributed by atoms with E-state index in [0.29, 0.717) is 25.1 Å². The highest BCUT2D eigenvalue weighted by molar-refractivity contribution is 5.83. The van der Waals surface area contributed by atoms with Crippen LogP contribution in [-0.2, 0) is 11.5 Å². The van der Waals surface area contributed by atoms with Gasteiger partial charge in [0.05, 0.1) is 17.7 Å². The minimum absolute atomic E-state index is 0.0315. The molecule has 1 aromatic carbocycles. The first kappa shape index (κ1) is 16.6. The van der Waals surface area contributed by atoms with Crippen LogP contribution in [0.15, 0.2) is 29.1 Å². The number of carbonyl (C=O) groups excluding carboxylic acids is 1. The van der Waals surface area contributed by atoms with Gasteiger partial charge in [-0.1, -0.05) is 32.0 Å². The molecule has 0 N–H and O–H groups in total. The number of fused-ring (bicyclic) bond motifs is 1. The van der Waals surface area contributed by atoms with Crippen LogP contribution in [0.3, 0.4) is 0 Å². The average Bonchev–Trinajstić information content (AvgIpc) is 2.59. The van der Waals surface area contributed by atoms with E-state index >= 15 is 0 Å². The van der Waals surface area contributed by atoms with Crippen LogP contribution in [-0.4, -0.2) is 51.7 Å². The van der Waals surface area contributed by atoms with Gasteiger partial charge in [-0.15, -0.1) is 0 Å². The fraction of sp³-hybridized carbons (Fsp3) is 0.500. The van der Waals surface area contributed by atoms with E-state index in [4.69, 9.17) is 0 Å². The maximum Gasteiger partial charge on any atom is 0.275 e. The number of hydrogen-bond donors (Lipinski definition) is 0. The second kappa shape index (κ2) is 6.73. The topological polar surface area (TPSA) is 58.4 Å². The second-order valence-corrected chi connectivity index (χ2v) is 6.68. The van der Waals surface area contributed by atoms with E-state index < -0.39 is 0 Å². The molecule has 0 atom stereocenters. The van der Waals surface area contributed by atoms with Gasteiger partial charge in [-0.25, -0.2) is 4.68 Å². The fourth-order valence-electron chi connectivity index (χ4n) is 3.16. The number of carbonyl (C=O) groups is 1. The molecule has 2 heterocycles. The molecule has 6 heteroatoms. The zero-order valence-electron chi connectivity index (χ0n) is 14.5. The number of benzene rings is 1. The lowest BCUT2D eigenvalue weighted by molar-refractivity contribution is -0.136. The van der Waals surface area contributed by atoms with Gasteiger partial charge in [-0.3, -0.25) is 14.5 Å². The van der Waals surface area contributed by atoms with E-state index in [9.17, 15) is 9.59 Å². The molecule has 3 rings (SSSR count). The van der Waals surface area contributed by atoms with Gasteiger partial charge in [0.1, 0.15) is 0 Å². The van der Waals surface area contributed by atoms with Gasteiger partial charge in [0.15, 0.2) is 0 Å². The van der Waals surface area contributed by atoms with Gasteiger partial charge < -0.3 is 4.90 Å². The predicted octanol–water partition coefficient (Wildman–Crippen LogP) is 1.46. The first-order valence-corrected chi connectivity index (χ1v) is 8.45. The number of rotatable bonds is 3. The van der Waals surface area contributed by atoms with Crippen molar-refractivity contribution in [3.8, 4) is 0 Å². The Morgan fingerprint density at radius 1 is 1.12 bits per heavy atom. The summed E-state index contributed by atoms with van der Waals surface area (Å²) in [4.78, 5) is 28.8. The maximum absolute atomic E-state index is 12.6. The summed E-state index contributed by atoms with van der Waals surface area (Å²) < 4.78 is 1.54. The van der Waals surface area contributed by atoms with E-state index in [1.807, 2.05) is 49.9 Å². The van der Waals surface area contributed by atoms with Crippen molar-refractivity contribution in [3.05, 3.63) is 40.3 Å². The molecular weight excluding hydrogens is 304 g/mol. The molecule has 0 unspecified atom stereocenters. The van der Waals surface area contributed by atoms with Crippen molar-refractivity contribution >= 4 is 16.7 Å². The molecule has 6 nitrogen and oxygen atoms in total. The highest BCUT2D eigenvalue weighted by atomic mass is 16.2. The third kappa shape index (κ3) is 3.19. The smallest absolute Gasteiger partial charge is 0.275 e. The molecule has 1 fully saturated rings. The van der Waals surface area contributed by atoms with E-state index in [0.717, 1.165) is 24.2 Å². The predicted molar refractivity (Wildman–Crippen MR) is 93.7 cm³/mol. The lowest BCUT2D eigenvalue weighted by atomic mass is 10.1. The molecule has 1 aliphatic rings. The third-order valence-corrected chi connectivity index (χ3v) is 4.56. The molecule has 1 amide bonds. The number of hydrogen-bond acceptors (Lipinski definition) is 4. The van der Waals surface area contributed by atoms with E-state index in [2.05, 4.69) is 10.00 Å². The van der Waals surface area contributed by atoms with E-state index in [1.165, 1.54) is 4.68 Å². The van der Waals surface area contributed by atoms with Crippen molar-refractivity contribution in [2.75, 3.05) is 26.2 Å². The lowest BCUT2D eigenvalue weighted by Gasteiger charge is -2.35. The minimum atomic E-state index is -0.0584. The molecule has 24 heavy (non-hydrogen) atoms. The Kier molecular flexibility index (Phi) is 4.66. The first-order valence-electron chi connectivity index (χ1n) is 8.45. The average molecular weight is 328 g/mol. The molecule has 1 aromatic heterocycles. The monoisotopic (exact) mass is 328 g/mol. The van der Waals surface area contributed by atoms with Gasteiger partial charge >= 0.3 is 0 Å². The first-order chi connectivity index (χ1) is 11.5. The number of amides is 1. The van der Waals surface area contributed by atoms with Crippen LogP contribution >= 0.6 is 0 Å². The molecule has 0 radical (unpaired) electrons. The van der Waals surface area contributed by atoms with Crippen molar-refractivity contribution in [3.63, 3.8) is 0 Å². The maximum atomic E-state index is 12.6. The summed E-state index contributed by atoms with van der Waals surface area (Å²) in [6.07, 6.45) is 0. The number of nitrogens with zero attached hydrogens (tertiary/aromatic N) is 4. The van der Waals surface area contributed by atoms with Crippen LogP contribution in [0.25, 0.3) is 10.8 Å². The third-order valence-electron chi connectivity index (χ3n) is 4.56. The number of piperazine rings is 1. The Morgan fingerprint density at radius 3 is 2.38 bits per heavy atom. The van der Waals surface area contributed by atoms with Gasteiger partial charge in [0.2, 0.25) is 5.91 Å². The summed E-state index contributed by atoms with van der Waals surface area (Å²) >= 11 is 0. The van der Waals surface area contributed by atoms with Crippen molar-refractivity contribution in [1.82, 2.24) is 19.6 Å². The quantitative estimate of drug-likeness (QED) is 0.856. The molecule has 1 saturated heterocycles. The fourth-order valence-corrected chi connectivity index (χ4v) is 3.16. The normalized spacial score (nSPS) is 16.1. The van der Waals surface area contributed by atoms with Crippen LogP contribution in [0, 0.1) is 12.8 Å². The highest BCUT2D eigenvalue weighted by Gasteiger charge is 2.23. The molecule has 0 bridgehead atoms. The summed E-state index contributed by atoms with van der Waals surface area (Å²) in [6, 6.07) is 7.58. The van der Waals surface area contributed by atoms with Gasteiger partial charge in [-0.2, -0.15) is 5.10 Å². The molecule has 0 aliphatic carbocycles. The van der Waals surface area contributed by atoms with E-state index in [1.54, 1.807) is 0 Å². The van der Waals surface area contributed by atoms with Crippen LogP contribution in [0.4, 0.5) is 0 Å². The Bertz CT molecular complexity index is 804. The Morgan fingerprint density at radius 2 is 1.75 bits per heavy atom. The van der Waals surface area contributed by atoms with Crippen molar-refractivity contribution < 1.29 is 4.79 Å². The SMILES string of the molecule is Cc1nn(CN2CCN(C(=O)C(C)C)CC2)c(=O)c2ccccc12. The summed E-state index contributed by atoms with van der Waals surface area (Å²) in [7, 11) is 0. The molecule has 0 spiro atoms. The molecule has 128 valence electrons. The number of aryl methyl sites for hydroxylation is 1. The van der Waals surface area contributed by atoms with Crippen LogP contribution < -0.4 is 5.56 Å². The van der Waals surface area contributed by atoms with Crippen LogP contribution in [0.1, 0.15) is 19.5 Å². The van der Waals surface area contributed by atoms with Crippen molar-refractivity contribution in [2.45, 2.75) is 27.4 Å². The van der Waals surface area contributed by atoms with Crippen LogP contribution in [0.5, 0.6) is 0 Å². The summed E-state index contributed by atoms with van der Waals surface area (Å²) in [5.41, 5.74) is 0.802. The van der Waals surface area contributed by atoms with Gasteiger partial charge in [-0.05, 0) is 13.0 Å². The summed E-state index contributed by atoms with van der Waals surface area (Å²) in [5.74, 6) is 0.232. The van der Waals surface area contributed by atoms with Gasteiger partial charge in [0.25, 0.3) is 5.56 Å². The zero-order valence-corrected chi connectivity index (χ0v) is 14.5. The Balaban J connectivity index is 1.74. The van der Waals surface area contributed by atoms with Crippen molar-refractivity contribution in [1.29, 1.82) is 0 Å². The molecule has 0 saturated carbocycles. The molecule has 2 aromatic rings. The minimum Gasteiger partial charge on any atom is -0.340 e. The Hall–Kier alpha value is -2.21. The highest BCUT2D eigenvalue weighted by Crippen LogP contribution is 2.12. The largest absolute Gasteiger partial charge is 0.340 e. The zero-order chi connectivity index (χ0) is 17.3. The summed E-state index contributed by atoms with van der Waals surface area (Å²) in [5, 5.41) is 6.07. The summed E-state index contributed by atoms with van der Waals surface area (Å²) in [6.45, 7) is 9.19. The standard InChI is InChI=1S/C18H24N4O2/c1-13(2)17(23)21-10-8-20(9-11-21)12-22-18(24)16-7-5-4-6-15(16)14(3)19-22/h4-7,13H,8-12H2,1-3H3. The molecular formula is C18H24N4O2.